The Labute approximate surface area is 180 Å². The number of unbranched alkanes of at least 4 members (excludes halogenated alkanes) is 12. The lowest BCUT2D eigenvalue weighted by Crippen LogP contribution is -2.50. The predicted molar refractivity (Wildman–Crippen MR) is 121 cm³/mol. The van der Waals surface area contributed by atoms with Gasteiger partial charge in [0.25, 0.3) is 0 Å². The second kappa shape index (κ2) is 16.6. The van der Waals surface area contributed by atoms with Crippen molar-refractivity contribution >= 4 is 5.97 Å². The summed E-state index contributed by atoms with van der Waals surface area (Å²) in [5.41, 5.74) is -1.38. The van der Waals surface area contributed by atoms with Gasteiger partial charge in [-0.05, 0) is 18.9 Å². The summed E-state index contributed by atoms with van der Waals surface area (Å²) in [6, 6.07) is 0. The van der Waals surface area contributed by atoms with Gasteiger partial charge in [-0.15, -0.1) is 0 Å². The maximum absolute atomic E-state index is 10.9. The number of carbonyl (C=O) groups excluding carboxylic acids is 1. The molecule has 0 bridgehead atoms. The van der Waals surface area contributed by atoms with E-state index in [0.29, 0.717) is 11.0 Å². The van der Waals surface area contributed by atoms with Gasteiger partial charge in [0.15, 0.2) is 0 Å². The lowest BCUT2D eigenvalue weighted by Gasteiger charge is -2.34. The molecule has 1 atom stereocenters. The van der Waals surface area contributed by atoms with Crippen LogP contribution in [-0.2, 0) is 4.79 Å². The van der Waals surface area contributed by atoms with Crippen LogP contribution in [0.25, 0.3) is 0 Å². The Morgan fingerprint density at radius 2 is 1.34 bits per heavy atom. The molecule has 0 aromatic carbocycles. The van der Waals surface area contributed by atoms with E-state index < -0.39 is 11.6 Å². The maximum atomic E-state index is 10.9. The molecule has 0 saturated carbocycles. The lowest BCUT2D eigenvalue weighted by molar-refractivity contribution is -0.876. The smallest absolute Gasteiger partial charge is 0.137 e. The van der Waals surface area contributed by atoms with E-state index in [1.165, 1.54) is 77.0 Å². The highest BCUT2D eigenvalue weighted by molar-refractivity contribution is 5.66. The van der Waals surface area contributed by atoms with Gasteiger partial charge in [0, 0.05) is 12.4 Å². The molecule has 0 aliphatic carbocycles. The van der Waals surface area contributed by atoms with Crippen molar-refractivity contribution in [3.63, 3.8) is 0 Å². The molecule has 29 heavy (non-hydrogen) atoms. The normalized spacial score (nSPS) is 14.7. The molecule has 0 aliphatic heterocycles. The molecule has 0 radical (unpaired) electrons. The topological polar surface area (TPSA) is 60.4 Å². The predicted octanol–water partition coefficient (Wildman–Crippen LogP) is 4.77. The first-order valence-electron chi connectivity index (χ1n) is 11.8. The molecule has 4 nitrogen and oxygen atoms in total. The first kappa shape index (κ1) is 27.9. The van der Waals surface area contributed by atoms with Crippen molar-refractivity contribution in [1.29, 1.82) is 0 Å². The monoisotopic (exact) mass is 409 g/mol. The maximum Gasteiger partial charge on any atom is 0.137 e. The van der Waals surface area contributed by atoms with Crippen LogP contribution in [-0.4, -0.2) is 48.8 Å². The first-order valence-corrected chi connectivity index (χ1v) is 11.8. The molecule has 0 rings (SSSR count). The summed E-state index contributed by atoms with van der Waals surface area (Å²) in [4.78, 5) is 10.9. The number of carbonyl (C=O) groups is 1. The minimum atomic E-state index is -1.38. The number of carboxylic acids is 1. The van der Waals surface area contributed by atoms with Gasteiger partial charge in [-0.2, -0.15) is 0 Å². The summed E-state index contributed by atoms with van der Waals surface area (Å²) >= 11 is 0. The molecule has 170 valence electrons. The van der Waals surface area contributed by atoms with Crippen LogP contribution in [0.15, 0.2) is 24.3 Å². The van der Waals surface area contributed by atoms with Gasteiger partial charge in [-0.1, -0.05) is 95.8 Å². The third-order valence-electron chi connectivity index (χ3n) is 5.08. The zero-order chi connectivity index (χ0) is 22.0. The molecule has 0 fully saturated rings. The summed E-state index contributed by atoms with van der Waals surface area (Å²) in [5.74, 6) is -1.23. The van der Waals surface area contributed by atoms with Crippen LogP contribution in [0.4, 0.5) is 0 Å². The first-order chi connectivity index (χ1) is 13.7. The van der Waals surface area contributed by atoms with Gasteiger partial charge in [0.1, 0.15) is 12.1 Å². The van der Waals surface area contributed by atoms with Crippen molar-refractivity contribution in [3.05, 3.63) is 24.3 Å². The molecular formula is C25H47NO3. The number of hydrogen-bond donors (Lipinski definition) is 1. The molecule has 0 heterocycles. The third kappa shape index (κ3) is 19.9. The molecule has 0 saturated heterocycles. The summed E-state index contributed by atoms with van der Waals surface area (Å²) in [6.45, 7) is 2.59. The van der Waals surface area contributed by atoms with E-state index in [4.69, 9.17) is 0 Å². The molecule has 0 aromatic rings. The highest BCUT2D eigenvalue weighted by Gasteiger charge is 2.30. The number of nitrogens with zero attached hydrogens (tertiary/aromatic N) is 1. The van der Waals surface area contributed by atoms with Crippen LogP contribution >= 0.6 is 0 Å². The van der Waals surface area contributed by atoms with Crippen LogP contribution in [0.2, 0.25) is 0 Å². The zero-order valence-corrected chi connectivity index (χ0v) is 19.6. The molecule has 1 N–H and O–H groups in total. The molecular weight excluding hydrogens is 362 g/mol. The fraction of sp³-hybridized carbons (Fsp3) is 0.800. The highest BCUT2D eigenvalue weighted by atomic mass is 16.4. The quantitative estimate of drug-likeness (QED) is 0.190. The van der Waals surface area contributed by atoms with E-state index >= 15 is 0 Å². The van der Waals surface area contributed by atoms with E-state index in [1.54, 1.807) is 12.2 Å². The number of aliphatic hydroxyl groups is 1. The van der Waals surface area contributed by atoms with Gasteiger partial charge in [0.05, 0.1) is 21.1 Å². The molecule has 0 amide bonds. The number of hydrogen-bond acceptors (Lipinski definition) is 3. The van der Waals surface area contributed by atoms with Crippen molar-refractivity contribution in [2.45, 2.75) is 102 Å². The Morgan fingerprint density at radius 3 is 1.79 bits per heavy atom. The Balaban J connectivity index is 3.81. The fourth-order valence-electron chi connectivity index (χ4n) is 3.75. The average Bonchev–Trinajstić information content (AvgIpc) is 2.59. The lowest BCUT2D eigenvalue weighted by atomic mass is 9.97. The number of aliphatic carboxylic acids is 1. The van der Waals surface area contributed by atoms with Gasteiger partial charge in [0.2, 0.25) is 0 Å². The van der Waals surface area contributed by atoms with Crippen molar-refractivity contribution < 1.29 is 19.5 Å². The van der Waals surface area contributed by atoms with Crippen LogP contribution < -0.4 is 5.11 Å². The van der Waals surface area contributed by atoms with E-state index in [0.717, 1.165) is 6.42 Å². The van der Waals surface area contributed by atoms with E-state index in [1.807, 2.05) is 27.2 Å². The van der Waals surface area contributed by atoms with Crippen LogP contribution in [0.1, 0.15) is 96.8 Å². The van der Waals surface area contributed by atoms with E-state index in [9.17, 15) is 15.0 Å². The summed E-state index contributed by atoms with van der Waals surface area (Å²) in [5, 5.41) is 21.5. The molecule has 4 heteroatoms. The van der Waals surface area contributed by atoms with Crippen LogP contribution in [0, 0.1) is 0 Å². The average molecular weight is 410 g/mol. The number of likely N-dealkylation sites (N-methyl/N-ethyl adjacent to an activating group) is 1. The van der Waals surface area contributed by atoms with E-state index in [2.05, 4.69) is 13.0 Å². The summed E-state index contributed by atoms with van der Waals surface area (Å²) in [6.07, 6.45) is 24.2. The van der Waals surface area contributed by atoms with E-state index in [-0.39, 0.29) is 6.42 Å². The van der Waals surface area contributed by atoms with Gasteiger partial charge < -0.3 is 19.5 Å². The minimum Gasteiger partial charge on any atom is -0.550 e. The molecule has 0 aliphatic rings. The van der Waals surface area contributed by atoms with Gasteiger partial charge in [-0.25, -0.2) is 0 Å². The Kier molecular flexibility index (Phi) is 16.0. The van der Waals surface area contributed by atoms with Crippen molar-refractivity contribution in [2.75, 3.05) is 27.7 Å². The fourth-order valence-corrected chi connectivity index (χ4v) is 3.75. The Morgan fingerprint density at radius 1 is 0.862 bits per heavy atom. The van der Waals surface area contributed by atoms with Crippen molar-refractivity contribution in [1.82, 2.24) is 0 Å². The largest absolute Gasteiger partial charge is 0.550 e. The van der Waals surface area contributed by atoms with Crippen LogP contribution in [0.5, 0.6) is 0 Å². The number of allylic oxidation sites excluding steroid dienone is 3. The van der Waals surface area contributed by atoms with Crippen molar-refractivity contribution in [3.8, 4) is 0 Å². The minimum absolute atomic E-state index is 0.323. The number of quaternary nitrogens is 1. The number of carboxylic acid groups (broad SMARTS) is 1. The molecule has 0 aromatic heterocycles. The second-order valence-corrected chi connectivity index (χ2v) is 9.57. The van der Waals surface area contributed by atoms with Crippen LogP contribution in [0.3, 0.4) is 0 Å². The summed E-state index contributed by atoms with van der Waals surface area (Å²) < 4.78 is 0.483. The molecule has 1 unspecified atom stereocenters. The molecule has 0 spiro atoms. The SMILES string of the molecule is CCCCCCCCCCCCCC/C=C/C=C/C(O)(CC(=O)[O-])C[N+](C)(C)C. The summed E-state index contributed by atoms with van der Waals surface area (Å²) in [7, 11) is 5.78. The van der Waals surface area contributed by atoms with Crippen molar-refractivity contribution in [2.24, 2.45) is 0 Å². The van der Waals surface area contributed by atoms with Gasteiger partial charge >= 0.3 is 0 Å². The standard InChI is InChI=1S/C25H47NO3/c1-5-6-7-8-9-10-11-12-13-14-15-16-17-18-19-20-21-25(29,22-24(27)28)23-26(2,3)4/h18-21,29H,5-17,22-23H2,1-4H3/b19-18+,21-20+. The Bertz CT molecular complexity index is 465. The Hall–Kier alpha value is -1.13. The van der Waals surface area contributed by atoms with Gasteiger partial charge in [-0.3, -0.25) is 0 Å². The third-order valence-corrected chi connectivity index (χ3v) is 5.08. The second-order valence-electron chi connectivity index (χ2n) is 9.57. The highest BCUT2D eigenvalue weighted by Crippen LogP contribution is 2.16. The number of rotatable bonds is 19. The zero-order valence-electron chi connectivity index (χ0n) is 19.6.